The van der Waals surface area contributed by atoms with Gasteiger partial charge in [0, 0.05) is 18.7 Å². The van der Waals surface area contributed by atoms with Crippen LogP contribution in [0.1, 0.15) is 22.8 Å². The van der Waals surface area contributed by atoms with Crippen LogP contribution in [-0.2, 0) is 14.8 Å². The van der Waals surface area contributed by atoms with Gasteiger partial charge < -0.3 is 14.2 Å². The fraction of sp³-hybridized carbons (Fsp3) is 0.333. The third-order valence-corrected chi connectivity index (χ3v) is 6.76. The molecule has 2 aromatic carbocycles. The van der Waals surface area contributed by atoms with Crippen molar-refractivity contribution in [3.05, 3.63) is 53.6 Å². The number of nitrogens with one attached hydrogen (secondary N) is 1. The number of carbonyl (C=O) groups is 1. The van der Waals surface area contributed by atoms with Gasteiger partial charge in [0.25, 0.3) is 5.91 Å². The molecule has 1 N–H and O–H groups in total. The van der Waals surface area contributed by atoms with Crippen molar-refractivity contribution in [1.82, 2.24) is 9.73 Å². The molecule has 0 aromatic heterocycles. The van der Waals surface area contributed by atoms with Gasteiger partial charge in [0.05, 0.1) is 38.0 Å². The van der Waals surface area contributed by atoms with Crippen molar-refractivity contribution >= 4 is 21.6 Å². The molecule has 3 rings (SSSR count). The van der Waals surface area contributed by atoms with Crippen molar-refractivity contribution in [3.8, 4) is 11.5 Å². The number of sulfonamides is 1. The van der Waals surface area contributed by atoms with Crippen molar-refractivity contribution < 1.29 is 27.4 Å². The summed E-state index contributed by atoms with van der Waals surface area (Å²) in [5, 5.41) is 4.12. The van der Waals surface area contributed by atoms with Crippen LogP contribution in [0.2, 0.25) is 0 Å². The Bertz CT molecular complexity index is 1060. The molecule has 0 radical (unpaired) electrons. The third kappa shape index (κ3) is 5.22. The Morgan fingerprint density at radius 1 is 1.00 bits per heavy atom. The van der Waals surface area contributed by atoms with Crippen molar-refractivity contribution in [1.29, 1.82) is 0 Å². The Kier molecular flexibility index (Phi) is 7.26. The lowest BCUT2D eigenvalue weighted by molar-refractivity contribution is 0.0730. The molecule has 0 saturated carbocycles. The standard InChI is InChI=1S/C21H25N3O6S/c1-15(22-23-21(25)17-6-9-19(28-2)20(14-17)29-3)16-4-7-18(8-5-16)31(26,27)24-10-12-30-13-11-24/h4-9,14H,10-13H2,1-3H3,(H,23,25)/b22-15+. The Morgan fingerprint density at radius 2 is 1.61 bits per heavy atom. The molecule has 1 aliphatic heterocycles. The molecular formula is C21H25N3O6S. The Morgan fingerprint density at radius 3 is 2.23 bits per heavy atom. The highest BCUT2D eigenvalue weighted by Crippen LogP contribution is 2.27. The smallest absolute Gasteiger partial charge is 0.271 e. The van der Waals surface area contributed by atoms with Crippen molar-refractivity contribution in [2.45, 2.75) is 11.8 Å². The summed E-state index contributed by atoms with van der Waals surface area (Å²) in [6.07, 6.45) is 0. The zero-order chi connectivity index (χ0) is 22.4. The zero-order valence-corrected chi connectivity index (χ0v) is 18.4. The summed E-state index contributed by atoms with van der Waals surface area (Å²) in [6, 6.07) is 11.2. The van der Waals surface area contributed by atoms with E-state index >= 15 is 0 Å². The molecule has 1 fully saturated rings. The Hall–Kier alpha value is -2.95. The summed E-state index contributed by atoms with van der Waals surface area (Å²) >= 11 is 0. The molecule has 2 aromatic rings. The maximum Gasteiger partial charge on any atom is 0.271 e. The molecular weight excluding hydrogens is 422 g/mol. The summed E-state index contributed by atoms with van der Waals surface area (Å²) in [4.78, 5) is 12.6. The number of methoxy groups -OCH3 is 2. The topological polar surface area (TPSA) is 107 Å². The molecule has 0 aliphatic carbocycles. The van der Waals surface area contributed by atoms with Crippen LogP contribution in [-0.4, -0.2) is 64.9 Å². The molecule has 1 saturated heterocycles. The predicted octanol–water partition coefficient (Wildman–Crippen LogP) is 1.88. The first-order valence-corrected chi connectivity index (χ1v) is 11.1. The van der Waals surface area contributed by atoms with E-state index in [4.69, 9.17) is 14.2 Å². The summed E-state index contributed by atoms with van der Waals surface area (Å²) in [6.45, 7) is 3.19. The van der Waals surface area contributed by atoms with Gasteiger partial charge in [-0.3, -0.25) is 4.79 Å². The van der Waals surface area contributed by atoms with Gasteiger partial charge >= 0.3 is 0 Å². The zero-order valence-electron chi connectivity index (χ0n) is 17.6. The fourth-order valence-electron chi connectivity index (χ4n) is 3.05. The number of carbonyl (C=O) groups excluding carboxylic acids is 1. The highest BCUT2D eigenvalue weighted by Gasteiger charge is 2.26. The van der Waals surface area contributed by atoms with Gasteiger partial charge in [-0.15, -0.1) is 0 Å². The molecule has 9 nitrogen and oxygen atoms in total. The van der Waals surface area contributed by atoms with E-state index < -0.39 is 15.9 Å². The van der Waals surface area contributed by atoms with Gasteiger partial charge in [0.2, 0.25) is 10.0 Å². The van der Waals surface area contributed by atoms with Crippen LogP contribution < -0.4 is 14.9 Å². The van der Waals surface area contributed by atoms with Crippen LogP contribution in [0.25, 0.3) is 0 Å². The Balaban J connectivity index is 1.70. The summed E-state index contributed by atoms with van der Waals surface area (Å²) < 4.78 is 42.4. The monoisotopic (exact) mass is 447 g/mol. The van der Waals surface area contributed by atoms with Crippen LogP contribution in [0, 0.1) is 0 Å². The minimum atomic E-state index is -3.56. The van der Waals surface area contributed by atoms with E-state index in [-0.39, 0.29) is 4.90 Å². The maximum atomic E-state index is 12.7. The molecule has 31 heavy (non-hydrogen) atoms. The lowest BCUT2D eigenvalue weighted by atomic mass is 10.1. The quantitative estimate of drug-likeness (QED) is 0.513. The SMILES string of the molecule is COc1ccc(C(=O)N/N=C(\C)c2ccc(S(=O)(=O)N3CCOCC3)cc2)cc1OC. The highest BCUT2D eigenvalue weighted by molar-refractivity contribution is 7.89. The minimum Gasteiger partial charge on any atom is -0.493 e. The van der Waals surface area contributed by atoms with Crippen molar-refractivity contribution in [3.63, 3.8) is 0 Å². The second kappa shape index (κ2) is 9.90. The van der Waals surface area contributed by atoms with Gasteiger partial charge in [0.1, 0.15) is 0 Å². The molecule has 1 amide bonds. The molecule has 166 valence electrons. The van der Waals surface area contributed by atoms with Gasteiger partial charge in [-0.1, -0.05) is 12.1 Å². The Labute approximate surface area is 181 Å². The number of hydrogen-bond acceptors (Lipinski definition) is 7. The predicted molar refractivity (Wildman–Crippen MR) is 115 cm³/mol. The lowest BCUT2D eigenvalue weighted by Crippen LogP contribution is -2.40. The molecule has 0 unspecified atom stereocenters. The van der Waals surface area contributed by atoms with E-state index in [1.807, 2.05) is 0 Å². The van der Waals surface area contributed by atoms with E-state index in [1.54, 1.807) is 37.3 Å². The first kappa shape index (κ1) is 22.7. The first-order chi connectivity index (χ1) is 14.9. The summed E-state index contributed by atoms with van der Waals surface area (Å²) in [5.74, 6) is 0.547. The largest absolute Gasteiger partial charge is 0.493 e. The molecule has 1 heterocycles. The number of benzene rings is 2. The molecule has 10 heteroatoms. The lowest BCUT2D eigenvalue weighted by Gasteiger charge is -2.26. The van der Waals surface area contributed by atoms with Crippen LogP contribution >= 0.6 is 0 Å². The number of nitrogens with zero attached hydrogens (tertiary/aromatic N) is 2. The average molecular weight is 448 g/mol. The van der Waals surface area contributed by atoms with Gasteiger partial charge in [-0.2, -0.15) is 9.41 Å². The second-order valence-corrected chi connectivity index (χ2v) is 8.69. The van der Waals surface area contributed by atoms with Crippen LogP contribution in [0.4, 0.5) is 0 Å². The summed E-state index contributed by atoms with van der Waals surface area (Å²) in [5.41, 5.74) is 4.08. The van der Waals surface area contributed by atoms with Crippen molar-refractivity contribution in [2.75, 3.05) is 40.5 Å². The van der Waals surface area contributed by atoms with E-state index in [9.17, 15) is 13.2 Å². The number of hydrazone groups is 1. The van der Waals surface area contributed by atoms with Crippen LogP contribution in [0.5, 0.6) is 11.5 Å². The van der Waals surface area contributed by atoms with E-state index in [1.165, 1.54) is 30.7 Å². The van der Waals surface area contributed by atoms with Gasteiger partial charge in [-0.25, -0.2) is 13.8 Å². The normalized spacial score (nSPS) is 15.4. The first-order valence-electron chi connectivity index (χ1n) is 9.62. The van der Waals surface area contributed by atoms with E-state index in [2.05, 4.69) is 10.5 Å². The molecule has 0 atom stereocenters. The number of amides is 1. The maximum absolute atomic E-state index is 12.7. The molecule has 1 aliphatic rings. The third-order valence-electron chi connectivity index (χ3n) is 4.85. The number of morpholine rings is 1. The highest BCUT2D eigenvalue weighted by atomic mass is 32.2. The second-order valence-electron chi connectivity index (χ2n) is 6.75. The van der Waals surface area contributed by atoms with Crippen molar-refractivity contribution in [2.24, 2.45) is 5.10 Å². The average Bonchev–Trinajstić information content (AvgIpc) is 2.82. The van der Waals surface area contributed by atoms with Crippen LogP contribution in [0.15, 0.2) is 52.5 Å². The summed E-state index contributed by atoms with van der Waals surface area (Å²) in [7, 11) is -0.550. The number of hydrogen-bond donors (Lipinski definition) is 1. The van der Waals surface area contributed by atoms with Gasteiger partial charge in [-0.05, 0) is 42.8 Å². The fourth-order valence-corrected chi connectivity index (χ4v) is 4.45. The van der Waals surface area contributed by atoms with E-state index in [0.717, 1.165) is 0 Å². The molecule has 0 spiro atoms. The van der Waals surface area contributed by atoms with Crippen LogP contribution in [0.3, 0.4) is 0 Å². The molecule has 0 bridgehead atoms. The minimum absolute atomic E-state index is 0.209. The van der Waals surface area contributed by atoms with Gasteiger partial charge in [0.15, 0.2) is 11.5 Å². The van der Waals surface area contributed by atoms with E-state index in [0.29, 0.717) is 54.6 Å². The number of ether oxygens (including phenoxy) is 3. The number of rotatable bonds is 7.